The van der Waals surface area contributed by atoms with Crippen LogP contribution in [0.4, 0.5) is 0 Å². The average Bonchev–Trinajstić information content (AvgIpc) is 2.92. The summed E-state index contributed by atoms with van der Waals surface area (Å²) in [6.45, 7) is 1.77. The molecule has 1 N–H and O–H groups in total. The van der Waals surface area contributed by atoms with Gasteiger partial charge in [0.05, 0.1) is 21.5 Å². The van der Waals surface area contributed by atoms with Crippen molar-refractivity contribution in [3.05, 3.63) is 51.2 Å². The van der Waals surface area contributed by atoms with E-state index in [9.17, 15) is 8.42 Å². The first-order valence-corrected chi connectivity index (χ1v) is 8.43. The predicted octanol–water partition coefficient (Wildman–Crippen LogP) is 3.31. The third-order valence-electron chi connectivity index (χ3n) is 2.67. The largest absolute Gasteiger partial charge is 0.241 e. The second-order valence-electron chi connectivity index (χ2n) is 4.11. The van der Waals surface area contributed by atoms with Gasteiger partial charge < -0.3 is 0 Å². The Bertz CT molecular complexity index is 749. The molecule has 1 aromatic heterocycles. The first-order chi connectivity index (χ1) is 9.44. The Labute approximate surface area is 126 Å². The second kappa shape index (κ2) is 5.94. The molecule has 4 nitrogen and oxygen atoms in total. The van der Waals surface area contributed by atoms with Crippen LogP contribution in [0.1, 0.15) is 23.4 Å². The lowest BCUT2D eigenvalue weighted by Gasteiger charge is -2.13. The molecule has 0 aliphatic carbocycles. The normalized spacial score (nSPS) is 12.8. The average molecular weight is 327 g/mol. The maximum atomic E-state index is 12.2. The zero-order valence-corrected chi connectivity index (χ0v) is 12.9. The Morgan fingerprint density at radius 3 is 2.70 bits per heavy atom. The highest BCUT2D eigenvalue weighted by Crippen LogP contribution is 2.23. The second-order valence-corrected chi connectivity index (χ2v) is 7.21. The van der Waals surface area contributed by atoms with E-state index in [-0.39, 0.29) is 21.5 Å². The fraction of sp³-hybridized carbons (Fsp3) is 0.154. The minimum atomic E-state index is -3.67. The van der Waals surface area contributed by atoms with Crippen LogP contribution in [0.3, 0.4) is 0 Å². The van der Waals surface area contributed by atoms with Crippen LogP contribution in [0, 0.1) is 11.3 Å². The molecule has 0 saturated heterocycles. The Hall–Kier alpha value is -1.39. The Morgan fingerprint density at radius 1 is 1.40 bits per heavy atom. The summed E-state index contributed by atoms with van der Waals surface area (Å²) in [5, 5.41) is 10.8. The van der Waals surface area contributed by atoms with Crippen molar-refractivity contribution in [2.45, 2.75) is 17.9 Å². The Morgan fingerprint density at radius 2 is 2.15 bits per heavy atom. The van der Waals surface area contributed by atoms with E-state index in [2.05, 4.69) is 4.72 Å². The van der Waals surface area contributed by atoms with Crippen LogP contribution < -0.4 is 4.72 Å². The van der Waals surface area contributed by atoms with Gasteiger partial charge in [0, 0.05) is 4.88 Å². The number of hydrogen-bond donors (Lipinski definition) is 1. The molecule has 2 aromatic rings. The highest BCUT2D eigenvalue weighted by molar-refractivity contribution is 7.89. The molecule has 0 radical (unpaired) electrons. The van der Waals surface area contributed by atoms with Crippen molar-refractivity contribution in [2.24, 2.45) is 0 Å². The van der Waals surface area contributed by atoms with Crippen LogP contribution >= 0.6 is 22.9 Å². The van der Waals surface area contributed by atoms with Gasteiger partial charge in [0.2, 0.25) is 10.0 Å². The van der Waals surface area contributed by atoms with Gasteiger partial charge >= 0.3 is 0 Å². The zero-order valence-electron chi connectivity index (χ0n) is 10.5. The van der Waals surface area contributed by atoms with Crippen LogP contribution in [0.15, 0.2) is 40.6 Å². The molecule has 0 fully saturated rings. The summed E-state index contributed by atoms with van der Waals surface area (Å²) in [6.07, 6.45) is 0. The highest BCUT2D eigenvalue weighted by Gasteiger charge is 2.19. The number of sulfonamides is 1. The summed E-state index contributed by atoms with van der Waals surface area (Å²) in [6, 6.07) is 9.34. The molecule has 20 heavy (non-hydrogen) atoms. The van der Waals surface area contributed by atoms with Crippen molar-refractivity contribution in [3.63, 3.8) is 0 Å². The Balaban J connectivity index is 2.27. The van der Waals surface area contributed by atoms with Crippen LogP contribution in [0.5, 0.6) is 0 Å². The van der Waals surface area contributed by atoms with E-state index in [4.69, 9.17) is 16.9 Å². The summed E-state index contributed by atoms with van der Waals surface area (Å²) in [4.78, 5) is 0.971. The van der Waals surface area contributed by atoms with Crippen molar-refractivity contribution in [2.75, 3.05) is 0 Å². The molecule has 1 atom stereocenters. The van der Waals surface area contributed by atoms with Crippen LogP contribution in [-0.2, 0) is 10.0 Å². The number of thiophene rings is 1. The van der Waals surface area contributed by atoms with E-state index in [1.165, 1.54) is 29.5 Å². The summed E-state index contributed by atoms with van der Waals surface area (Å²) < 4.78 is 27.1. The van der Waals surface area contributed by atoms with E-state index in [1.807, 2.05) is 23.6 Å². The molecule has 0 spiro atoms. The first-order valence-electron chi connectivity index (χ1n) is 5.69. The van der Waals surface area contributed by atoms with Crippen molar-refractivity contribution >= 4 is 33.0 Å². The maximum absolute atomic E-state index is 12.2. The van der Waals surface area contributed by atoms with Gasteiger partial charge in [-0.05, 0) is 36.6 Å². The predicted molar refractivity (Wildman–Crippen MR) is 79.2 cm³/mol. The topological polar surface area (TPSA) is 70.0 Å². The zero-order chi connectivity index (χ0) is 14.8. The number of halogens is 1. The Kier molecular flexibility index (Phi) is 4.45. The van der Waals surface area contributed by atoms with E-state index in [0.29, 0.717) is 0 Å². The van der Waals surface area contributed by atoms with Crippen molar-refractivity contribution < 1.29 is 8.42 Å². The number of nitrogens with one attached hydrogen (secondary N) is 1. The van der Waals surface area contributed by atoms with Gasteiger partial charge in [0.25, 0.3) is 0 Å². The molecule has 1 aromatic carbocycles. The molecular weight excluding hydrogens is 316 g/mol. The third-order valence-corrected chi connectivity index (χ3v) is 5.58. The molecular formula is C13H11ClN2O2S2. The standard InChI is InChI=1S/C13H11ClN2O2S2/c1-9(13-3-2-6-19-13)16-20(17,18)11-5-4-10(8-15)12(14)7-11/h2-7,9,16H,1H3. The van der Waals surface area contributed by atoms with Gasteiger partial charge in [0.1, 0.15) is 6.07 Å². The number of hydrogen-bond acceptors (Lipinski definition) is 4. The summed E-state index contributed by atoms with van der Waals surface area (Å²) >= 11 is 7.34. The first kappa shape index (κ1) is 15.0. The molecule has 104 valence electrons. The van der Waals surface area contributed by atoms with E-state index < -0.39 is 10.0 Å². The fourth-order valence-corrected chi connectivity index (χ4v) is 4.00. The third kappa shape index (κ3) is 3.19. The van der Waals surface area contributed by atoms with Crippen molar-refractivity contribution in [1.29, 1.82) is 5.26 Å². The molecule has 2 rings (SSSR count). The van der Waals surface area contributed by atoms with Crippen LogP contribution in [0.25, 0.3) is 0 Å². The molecule has 0 bridgehead atoms. The lowest BCUT2D eigenvalue weighted by atomic mass is 10.2. The molecule has 0 amide bonds. The van der Waals surface area contributed by atoms with E-state index in [1.54, 1.807) is 6.92 Å². The summed E-state index contributed by atoms with van der Waals surface area (Å²) in [5.74, 6) is 0. The number of benzene rings is 1. The minimum absolute atomic E-state index is 0.0462. The number of nitrogens with zero attached hydrogens (tertiary/aromatic N) is 1. The van der Waals surface area contributed by atoms with Crippen molar-refractivity contribution in [1.82, 2.24) is 4.72 Å². The fourth-order valence-electron chi connectivity index (χ4n) is 1.65. The van der Waals surface area contributed by atoms with Gasteiger partial charge in [-0.3, -0.25) is 0 Å². The lowest BCUT2D eigenvalue weighted by molar-refractivity contribution is 0.568. The molecule has 0 aliphatic heterocycles. The van der Waals surface area contributed by atoms with Gasteiger partial charge in [0.15, 0.2) is 0 Å². The van der Waals surface area contributed by atoms with E-state index in [0.717, 1.165) is 4.88 Å². The van der Waals surface area contributed by atoms with Gasteiger partial charge in [-0.2, -0.15) is 5.26 Å². The quantitative estimate of drug-likeness (QED) is 0.937. The van der Waals surface area contributed by atoms with Crippen molar-refractivity contribution in [3.8, 4) is 6.07 Å². The molecule has 0 saturated carbocycles. The monoisotopic (exact) mass is 326 g/mol. The minimum Gasteiger partial charge on any atom is -0.207 e. The smallest absolute Gasteiger partial charge is 0.207 e. The maximum Gasteiger partial charge on any atom is 0.241 e. The lowest BCUT2D eigenvalue weighted by Crippen LogP contribution is -2.26. The molecule has 7 heteroatoms. The SMILES string of the molecule is CC(NS(=O)(=O)c1ccc(C#N)c(Cl)c1)c1cccs1. The van der Waals surface area contributed by atoms with Crippen LogP contribution in [-0.4, -0.2) is 8.42 Å². The number of nitriles is 1. The van der Waals surface area contributed by atoms with E-state index >= 15 is 0 Å². The van der Waals surface area contributed by atoms with Gasteiger partial charge in [-0.1, -0.05) is 17.7 Å². The molecule has 1 unspecified atom stereocenters. The highest BCUT2D eigenvalue weighted by atomic mass is 35.5. The van der Waals surface area contributed by atoms with Gasteiger partial charge in [-0.25, -0.2) is 13.1 Å². The molecule has 1 heterocycles. The number of rotatable bonds is 4. The van der Waals surface area contributed by atoms with Gasteiger partial charge in [-0.15, -0.1) is 11.3 Å². The summed E-state index contributed by atoms with van der Waals surface area (Å²) in [5.41, 5.74) is 0.247. The summed E-state index contributed by atoms with van der Waals surface area (Å²) in [7, 11) is -3.67. The molecule has 0 aliphatic rings. The van der Waals surface area contributed by atoms with Crippen LogP contribution in [0.2, 0.25) is 5.02 Å².